The maximum Gasteiger partial charge on any atom is 0.329 e. The molecule has 0 atom stereocenters. The molecule has 1 aliphatic rings. The van der Waals surface area contributed by atoms with Gasteiger partial charge in [-0.25, -0.2) is 9.69 Å². The number of para-hydroxylation sites is 2. The summed E-state index contributed by atoms with van der Waals surface area (Å²) in [4.78, 5) is 39.6. The topological polar surface area (TPSA) is 83.4 Å². The number of anilines is 1. The Morgan fingerprint density at radius 2 is 1.55 bits per heavy atom. The van der Waals surface area contributed by atoms with E-state index in [1.54, 1.807) is 6.08 Å². The minimum atomic E-state index is -0.616. The quantitative estimate of drug-likeness (QED) is 0.203. The van der Waals surface area contributed by atoms with Crippen molar-refractivity contribution < 1.29 is 14.4 Å². The monoisotopic (exact) mass is 528 g/mol. The molecule has 0 unspecified atom stereocenters. The smallest absolute Gasteiger partial charge is 0.329 e. The van der Waals surface area contributed by atoms with E-state index in [1.807, 2.05) is 73.8 Å². The van der Waals surface area contributed by atoms with Crippen molar-refractivity contribution in [2.45, 2.75) is 19.9 Å². The van der Waals surface area contributed by atoms with E-state index in [-0.39, 0.29) is 12.2 Å². The normalized spacial score (nSPS) is 14.3. The van der Waals surface area contributed by atoms with Crippen LogP contribution in [0.2, 0.25) is 0 Å². The van der Waals surface area contributed by atoms with Crippen molar-refractivity contribution in [1.29, 1.82) is 0 Å². The van der Waals surface area contributed by atoms with Gasteiger partial charge >= 0.3 is 6.03 Å². The highest BCUT2D eigenvalue weighted by molar-refractivity contribution is 6.16. The fraction of sp³-hybridized carbons (Fsp3) is 0.121. The van der Waals surface area contributed by atoms with Crippen molar-refractivity contribution in [2.24, 2.45) is 0 Å². The molecule has 40 heavy (non-hydrogen) atoms. The lowest BCUT2D eigenvalue weighted by Gasteiger charge is -2.13. The molecule has 1 fully saturated rings. The van der Waals surface area contributed by atoms with Gasteiger partial charge in [-0.3, -0.25) is 9.59 Å². The van der Waals surface area contributed by atoms with E-state index in [0.29, 0.717) is 12.2 Å². The Balaban J connectivity index is 1.26. The molecule has 0 radical (unpaired) electrons. The number of carbonyl (C=O) groups is 3. The summed E-state index contributed by atoms with van der Waals surface area (Å²) in [6.45, 7) is 2.28. The third-order valence-corrected chi connectivity index (χ3v) is 7.28. The highest BCUT2D eigenvalue weighted by Crippen LogP contribution is 2.27. The van der Waals surface area contributed by atoms with Crippen LogP contribution in [-0.2, 0) is 22.6 Å². The number of rotatable bonds is 7. The van der Waals surface area contributed by atoms with Crippen LogP contribution in [0.15, 0.2) is 103 Å². The van der Waals surface area contributed by atoms with Gasteiger partial charge in [-0.2, -0.15) is 0 Å². The van der Waals surface area contributed by atoms with E-state index in [2.05, 4.69) is 45.5 Å². The average molecular weight is 529 g/mol. The van der Waals surface area contributed by atoms with Crippen LogP contribution in [-0.4, -0.2) is 33.9 Å². The van der Waals surface area contributed by atoms with Crippen molar-refractivity contribution in [3.05, 3.63) is 120 Å². The van der Waals surface area contributed by atoms with Gasteiger partial charge in [0.05, 0.1) is 0 Å². The first kappa shape index (κ1) is 25.1. The number of carbonyl (C=O) groups excluding carboxylic acids is 3. The number of aromatic nitrogens is 1. The van der Waals surface area contributed by atoms with Gasteiger partial charge in [0.2, 0.25) is 5.91 Å². The zero-order valence-corrected chi connectivity index (χ0v) is 22.1. The number of imide groups is 1. The molecule has 0 bridgehead atoms. The molecule has 6 rings (SSSR count). The van der Waals surface area contributed by atoms with Crippen molar-refractivity contribution in [2.75, 3.05) is 11.9 Å². The fourth-order valence-corrected chi connectivity index (χ4v) is 5.29. The summed E-state index contributed by atoms with van der Waals surface area (Å²) in [5, 5.41) is 8.81. The van der Waals surface area contributed by atoms with E-state index in [1.165, 1.54) is 16.3 Å². The van der Waals surface area contributed by atoms with Gasteiger partial charge in [0.15, 0.2) is 0 Å². The summed E-state index contributed by atoms with van der Waals surface area (Å²) in [6, 6.07) is 29.4. The SMILES string of the molecule is CCc1ccccc1NC(=O)CN1C(=O)N/C(=C/c2cn(Cc3cccc4ccccc34)c3ccccc23)C1=O. The van der Waals surface area contributed by atoms with Crippen molar-refractivity contribution in [3.8, 4) is 0 Å². The molecule has 0 spiro atoms. The number of hydrogen-bond donors (Lipinski definition) is 2. The van der Waals surface area contributed by atoms with Gasteiger partial charge < -0.3 is 15.2 Å². The summed E-state index contributed by atoms with van der Waals surface area (Å²) in [6.07, 6.45) is 4.43. The lowest BCUT2D eigenvalue weighted by Crippen LogP contribution is -2.38. The van der Waals surface area contributed by atoms with E-state index < -0.39 is 17.8 Å². The molecule has 4 amide bonds. The molecule has 2 N–H and O–H groups in total. The molecule has 0 aliphatic carbocycles. The third kappa shape index (κ3) is 4.73. The number of urea groups is 1. The second-order valence-corrected chi connectivity index (χ2v) is 9.81. The first-order valence-electron chi connectivity index (χ1n) is 13.3. The number of hydrogen-bond acceptors (Lipinski definition) is 3. The van der Waals surface area contributed by atoms with Crippen LogP contribution in [0, 0.1) is 0 Å². The molecule has 7 heteroatoms. The van der Waals surface area contributed by atoms with Gasteiger partial charge in [0.1, 0.15) is 12.2 Å². The third-order valence-electron chi connectivity index (χ3n) is 7.28. The molecule has 5 aromatic rings. The van der Waals surface area contributed by atoms with Crippen LogP contribution in [0.25, 0.3) is 27.8 Å². The van der Waals surface area contributed by atoms with Crippen LogP contribution in [0.5, 0.6) is 0 Å². The highest BCUT2D eigenvalue weighted by atomic mass is 16.2. The molecule has 7 nitrogen and oxygen atoms in total. The number of amides is 4. The van der Waals surface area contributed by atoms with Gasteiger partial charge in [0, 0.05) is 34.9 Å². The molecular weight excluding hydrogens is 500 g/mol. The van der Waals surface area contributed by atoms with Gasteiger partial charge in [-0.15, -0.1) is 0 Å². The molecule has 2 heterocycles. The van der Waals surface area contributed by atoms with E-state index in [0.717, 1.165) is 33.4 Å². The van der Waals surface area contributed by atoms with E-state index in [9.17, 15) is 14.4 Å². The standard InChI is InChI=1S/C33H28N4O3/c1-2-22-10-4-7-16-28(22)34-31(38)21-37-32(39)29(35-33(37)40)18-25-20-36(30-17-8-6-15-27(25)30)19-24-13-9-12-23-11-3-5-14-26(23)24/h3-18,20H,2,19,21H2,1H3,(H,34,38)(H,35,40)/b29-18+. The summed E-state index contributed by atoms with van der Waals surface area (Å²) in [7, 11) is 0. The molecule has 0 saturated carbocycles. The number of benzene rings is 4. The zero-order valence-electron chi connectivity index (χ0n) is 22.1. The minimum Gasteiger partial charge on any atom is -0.342 e. The maximum absolute atomic E-state index is 13.2. The van der Waals surface area contributed by atoms with Crippen LogP contribution in [0.1, 0.15) is 23.6 Å². The number of fused-ring (bicyclic) bond motifs is 2. The fourth-order valence-electron chi connectivity index (χ4n) is 5.29. The summed E-state index contributed by atoms with van der Waals surface area (Å²) < 4.78 is 2.15. The number of aryl methyl sites for hydroxylation is 1. The molecule has 1 aliphatic heterocycles. The summed E-state index contributed by atoms with van der Waals surface area (Å²) in [5.41, 5.74) is 4.81. The largest absolute Gasteiger partial charge is 0.342 e. The molecule has 4 aromatic carbocycles. The number of nitrogens with one attached hydrogen (secondary N) is 2. The predicted molar refractivity (Wildman–Crippen MR) is 158 cm³/mol. The van der Waals surface area contributed by atoms with Crippen molar-refractivity contribution in [1.82, 2.24) is 14.8 Å². The van der Waals surface area contributed by atoms with Crippen molar-refractivity contribution in [3.63, 3.8) is 0 Å². The predicted octanol–water partition coefficient (Wildman–Crippen LogP) is 5.94. The Hall–Kier alpha value is -5.17. The number of nitrogens with zero attached hydrogens (tertiary/aromatic N) is 2. The Labute approximate surface area is 231 Å². The van der Waals surface area contributed by atoms with Gasteiger partial charge in [-0.1, -0.05) is 85.8 Å². The Kier molecular flexibility index (Phi) is 6.62. The second-order valence-electron chi connectivity index (χ2n) is 9.81. The Morgan fingerprint density at radius 3 is 2.40 bits per heavy atom. The van der Waals surface area contributed by atoms with Gasteiger partial charge in [-0.05, 0) is 46.5 Å². The van der Waals surface area contributed by atoms with Crippen molar-refractivity contribution >= 4 is 51.3 Å². The Bertz CT molecular complexity index is 1810. The molecule has 1 aromatic heterocycles. The molecule has 1 saturated heterocycles. The lowest BCUT2D eigenvalue weighted by atomic mass is 10.0. The minimum absolute atomic E-state index is 0.139. The zero-order chi connectivity index (χ0) is 27.6. The lowest BCUT2D eigenvalue weighted by molar-refractivity contribution is -0.127. The van der Waals surface area contributed by atoms with Crippen LogP contribution in [0.3, 0.4) is 0 Å². The summed E-state index contributed by atoms with van der Waals surface area (Å²) >= 11 is 0. The molecule has 198 valence electrons. The Morgan fingerprint density at radius 1 is 0.850 bits per heavy atom. The summed E-state index contributed by atoms with van der Waals surface area (Å²) in [5.74, 6) is -0.966. The van der Waals surface area contributed by atoms with Crippen LogP contribution in [0.4, 0.5) is 10.5 Å². The first-order valence-corrected chi connectivity index (χ1v) is 13.3. The maximum atomic E-state index is 13.2. The molecular formula is C33H28N4O3. The van der Waals surface area contributed by atoms with Crippen LogP contribution >= 0.6 is 0 Å². The average Bonchev–Trinajstić information content (AvgIpc) is 3.45. The van der Waals surface area contributed by atoms with Crippen LogP contribution < -0.4 is 10.6 Å². The van der Waals surface area contributed by atoms with E-state index >= 15 is 0 Å². The van der Waals surface area contributed by atoms with Gasteiger partial charge in [0.25, 0.3) is 5.91 Å². The first-order chi connectivity index (χ1) is 19.5. The second kappa shape index (κ2) is 10.5. The van der Waals surface area contributed by atoms with E-state index in [4.69, 9.17) is 0 Å². The highest BCUT2D eigenvalue weighted by Gasteiger charge is 2.35.